The molecule has 0 atom stereocenters. The lowest BCUT2D eigenvalue weighted by atomic mass is 10.8. The summed E-state index contributed by atoms with van der Waals surface area (Å²) in [6.45, 7) is 0.831. The molecule has 0 aromatic carbocycles. The molecule has 0 spiro atoms. The van der Waals surface area contributed by atoms with Gasteiger partial charge in [-0.25, -0.2) is 4.79 Å². The quantitative estimate of drug-likeness (QED) is 0.450. The Balaban J connectivity index is 0.000000187. The van der Waals surface area contributed by atoms with Crippen molar-refractivity contribution in [3.63, 3.8) is 0 Å². The van der Waals surface area contributed by atoms with Crippen LogP contribution < -0.4 is 0 Å². The molecule has 0 aromatic heterocycles. The Bertz CT molecular complexity index is 73.0. The number of hydrogen-bond donors (Lipinski definition) is 0. The lowest BCUT2D eigenvalue weighted by Crippen LogP contribution is -1.88. The van der Waals surface area contributed by atoms with Crippen molar-refractivity contribution in [3.8, 4) is 0 Å². The Morgan fingerprint density at radius 1 is 1.33 bits per heavy atom. The molecule has 0 N–H and O–H groups in total. The molecule has 1 aliphatic rings. The maximum Gasteiger partial charge on any atom is 0.508 e. The maximum absolute atomic E-state index is 9.80. The Kier molecular flexibility index (Phi) is 4.91. The van der Waals surface area contributed by atoms with Gasteiger partial charge in [0, 0.05) is 14.2 Å². The van der Waals surface area contributed by atoms with E-state index in [1.54, 1.807) is 14.2 Å². The summed E-state index contributed by atoms with van der Waals surface area (Å²) in [5, 5.41) is 0. The van der Waals surface area contributed by atoms with Crippen LogP contribution in [0.5, 0.6) is 0 Å². The number of ether oxygens (including phenoxy) is 3. The lowest BCUT2D eigenvalue weighted by molar-refractivity contribution is 0.131. The highest BCUT2D eigenvalue weighted by atomic mass is 16.8. The van der Waals surface area contributed by atoms with E-state index < -0.39 is 6.16 Å². The van der Waals surface area contributed by atoms with Crippen molar-refractivity contribution in [2.45, 2.75) is 0 Å². The molecule has 0 saturated carbocycles. The average Bonchev–Trinajstić information content (AvgIpc) is 2.20. The van der Waals surface area contributed by atoms with E-state index in [1.807, 2.05) is 0 Å². The highest BCUT2D eigenvalue weighted by Gasteiger charge is 2.09. The first kappa shape index (κ1) is 8.23. The van der Waals surface area contributed by atoms with E-state index >= 15 is 0 Å². The molecule has 1 fully saturated rings. The topological polar surface area (TPSA) is 44.8 Å². The van der Waals surface area contributed by atoms with Crippen LogP contribution in [-0.4, -0.2) is 33.6 Å². The minimum atomic E-state index is -0.546. The molecule has 0 radical (unpaired) electrons. The van der Waals surface area contributed by atoms with Gasteiger partial charge in [0.1, 0.15) is 13.2 Å². The van der Waals surface area contributed by atoms with Gasteiger partial charge in [-0.3, -0.25) is 0 Å². The van der Waals surface area contributed by atoms with E-state index in [0.717, 1.165) is 0 Å². The van der Waals surface area contributed by atoms with Crippen molar-refractivity contribution in [2.75, 3.05) is 27.4 Å². The normalized spacial score (nSPS) is 15.1. The standard InChI is InChI=1S/C3H4O3.C2H6O/c4-3-5-1-2-6-3;1-3-2/h1-2H2;1-2H3. The molecule has 1 rings (SSSR count). The summed E-state index contributed by atoms with van der Waals surface area (Å²) >= 11 is 0. The Morgan fingerprint density at radius 2 is 1.67 bits per heavy atom. The molecule has 0 bridgehead atoms. The van der Waals surface area contributed by atoms with Gasteiger partial charge in [0.15, 0.2) is 0 Å². The summed E-state index contributed by atoms with van der Waals surface area (Å²) in [5.41, 5.74) is 0. The third-order valence-electron chi connectivity index (χ3n) is 0.523. The molecular formula is C5H10O4. The second kappa shape index (κ2) is 5.37. The fourth-order valence-electron chi connectivity index (χ4n) is 0.292. The molecule has 4 heteroatoms. The van der Waals surface area contributed by atoms with Crippen LogP contribution in [0.25, 0.3) is 0 Å². The van der Waals surface area contributed by atoms with E-state index in [4.69, 9.17) is 0 Å². The first-order chi connectivity index (χ1) is 4.31. The number of methoxy groups -OCH3 is 1. The molecule has 1 saturated heterocycles. The number of carbonyl (C=O) groups excluding carboxylic acids is 1. The molecule has 54 valence electrons. The van der Waals surface area contributed by atoms with Crippen LogP contribution in [0.3, 0.4) is 0 Å². The molecular weight excluding hydrogens is 124 g/mol. The molecule has 1 heterocycles. The molecule has 4 nitrogen and oxygen atoms in total. The fraction of sp³-hybridized carbons (Fsp3) is 0.800. The van der Waals surface area contributed by atoms with Gasteiger partial charge in [0.2, 0.25) is 0 Å². The SMILES string of the molecule is COC.O=C1OCCO1. The molecule has 0 unspecified atom stereocenters. The molecule has 1 aliphatic heterocycles. The molecule has 0 aliphatic carbocycles. The zero-order valence-corrected chi connectivity index (χ0v) is 5.55. The minimum Gasteiger partial charge on any atom is -0.431 e. The highest BCUT2D eigenvalue weighted by Crippen LogP contribution is 1.92. The van der Waals surface area contributed by atoms with Gasteiger partial charge in [-0.1, -0.05) is 0 Å². The molecule has 0 amide bonds. The number of hydrogen-bond acceptors (Lipinski definition) is 4. The van der Waals surface area contributed by atoms with Gasteiger partial charge < -0.3 is 14.2 Å². The van der Waals surface area contributed by atoms with Crippen molar-refractivity contribution < 1.29 is 19.0 Å². The van der Waals surface area contributed by atoms with Gasteiger partial charge in [-0.05, 0) is 0 Å². The number of carbonyl (C=O) groups is 1. The van der Waals surface area contributed by atoms with Gasteiger partial charge in [0.25, 0.3) is 0 Å². The van der Waals surface area contributed by atoms with Gasteiger partial charge in [0.05, 0.1) is 0 Å². The summed E-state index contributed by atoms with van der Waals surface area (Å²) in [6, 6.07) is 0. The van der Waals surface area contributed by atoms with Crippen molar-refractivity contribution >= 4 is 6.16 Å². The summed E-state index contributed by atoms with van der Waals surface area (Å²) in [4.78, 5) is 9.80. The third kappa shape index (κ3) is 5.10. The van der Waals surface area contributed by atoms with E-state index in [2.05, 4.69) is 14.2 Å². The summed E-state index contributed by atoms with van der Waals surface area (Å²) in [7, 11) is 3.25. The van der Waals surface area contributed by atoms with Crippen LogP contribution in [0.1, 0.15) is 0 Å². The zero-order valence-electron chi connectivity index (χ0n) is 5.55. The Labute approximate surface area is 53.7 Å². The van der Waals surface area contributed by atoms with E-state index in [1.165, 1.54) is 0 Å². The van der Waals surface area contributed by atoms with E-state index in [0.29, 0.717) is 13.2 Å². The number of rotatable bonds is 0. The van der Waals surface area contributed by atoms with Crippen LogP contribution in [0, 0.1) is 0 Å². The summed E-state index contributed by atoms with van der Waals surface area (Å²) < 4.78 is 12.8. The fourth-order valence-corrected chi connectivity index (χ4v) is 0.292. The van der Waals surface area contributed by atoms with Crippen LogP contribution in [0.15, 0.2) is 0 Å². The smallest absolute Gasteiger partial charge is 0.431 e. The van der Waals surface area contributed by atoms with Crippen molar-refractivity contribution in [1.82, 2.24) is 0 Å². The zero-order chi connectivity index (χ0) is 7.11. The van der Waals surface area contributed by atoms with E-state index in [-0.39, 0.29) is 0 Å². The summed E-state index contributed by atoms with van der Waals surface area (Å²) in [6.07, 6.45) is -0.546. The van der Waals surface area contributed by atoms with Crippen LogP contribution in [0.4, 0.5) is 4.79 Å². The Morgan fingerprint density at radius 3 is 1.78 bits per heavy atom. The first-order valence-corrected chi connectivity index (χ1v) is 2.51. The van der Waals surface area contributed by atoms with Crippen LogP contribution >= 0.6 is 0 Å². The predicted molar refractivity (Wildman–Crippen MR) is 30.2 cm³/mol. The van der Waals surface area contributed by atoms with Crippen LogP contribution in [0.2, 0.25) is 0 Å². The third-order valence-corrected chi connectivity index (χ3v) is 0.523. The van der Waals surface area contributed by atoms with Crippen molar-refractivity contribution in [2.24, 2.45) is 0 Å². The van der Waals surface area contributed by atoms with Crippen LogP contribution in [-0.2, 0) is 14.2 Å². The molecule has 0 aromatic rings. The van der Waals surface area contributed by atoms with Crippen molar-refractivity contribution in [3.05, 3.63) is 0 Å². The first-order valence-electron chi connectivity index (χ1n) is 2.51. The monoisotopic (exact) mass is 134 g/mol. The summed E-state index contributed by atoms with van der Waals surface area (Å²) in [5.74, 6) is 0. The average molecular weight is 134 g/mol. The van der Waals surface area contributed by atoms with Crippen molar-refractivity contribution in [1.29, 1.82) is 0 Å². The second-order valence-corrected chi connectivity index (χ2v) is 1.36. The van der Waals surface area contributed by atoms with Gasteiger partial charge in [-0.15, -0.1) is 0 Å². The largest absolute Gasteiger partial charge is 0.508 e. The lowest BCUT2D eigenvalue weighted by Gasteiger charge is -1.78. The van der Waals surface area contributed by atoms with Gasteiger partial charge in [-0.2, -0.15) is 0 Å². The number of cyclic esters (lactones) is 2. The maximum atomic E-state index is 9.80. The van der Waals surface area contributed by atoms with Gasteiger partial charge >= 0.3 is 6.16 Å². The Hall–Kier alpha value is -0.770. The second-order valence-electron chi connectivity index (χ2n) is 1.36. The highest BCUT2D eigenvalue weighted by molar-refractivity contribution is 5.61. The molecule has 9 heavy (non-hydrogen) atoms. The predicted octanol–water partition coefficient (Wildman–Crippen LogP) is 0.416. The minimum absolute atomic E-state index is 0.416. The van der Waals surface area contributed by atoms with E-state index in [9.17, 15) is 4.79 Å².